The zero-order valence-electron chi connectivity index (χ0n) is 15.7. The van der Waals surface area contributed by atoms with E-state index in [0.29, 0.717) is 29.4 Å². The predicted molar refractivity (Wildman–Crippen MR) is 102 cm³/mol. The van der Waals surface area contributed by atoms with Crippen molar-refractivity contribution < 1.29 is 9.84 Å². The molecule has 4 aliphatic rings. The van der Waals surface area contributed by atoms with Gasteiger partial charge in [-0.25, -0.2) is 0 Å². The first-order valence-corrected chi connectivity index (χ1v) is 11.2. The standard InChI is InChI=1S/C21H36ClNO2/c1-25-20-9-6-13(10-16(20)14-4-2-3-5-14)11-18-17-12-15(22)7-8-19(17)23-21(18)24/h13-21,23-24H,2-12H2,1H3/t13?,15?,16?,17?,18?,19-,20?,21?/m0/s1. The second-order valence-corrected chi connectivity index (χ2v) is 9.97. The first kappa shape index (κ1) is 18.5. The van der Waals surface area contributed by atoms with Crippen LogP contribution in [0.25, 0.3) is 0 Å². The maximum absolute atomic E-state index is 10.6. The average Bonchev–Trinajstić information content (AvgIpc) is 3.24. The molecule has 25 heavy (non-hydrogen) atoms. The maximum atomic E-state index is 10.6. The lowest BCUT2D eigenvalue weighted by Gasteiger charge is -2.40. The summed E-state index contributed by atoms with van der Waals surface area (Å²) in [5, 5.41) is 14.4. The summed E-state index contributed by atoms with van der Waals surface area (Å²) in [5.74, 6) is 3.37. The molecule has 0 amide bonds. The smallest absolute Gasteiger partial charge is 0.108 e. The average molecular weight is 370 g/mol. The Labute approximate surface area is 158 Å². The fourth-order valence-corrected chi connectivity index (χ4v) is 7.09. The van der Waals surface area contributed by atoms with Gasteiger partial charge in [0.15, 0.2) is 0 Å². The van der Waals surface area contributed by atoms with Gasteiger partial charge >= 0.3 is 0 Å². The molecule has 3 nitrogen and oxygen atoms in total. The summed E-state index contributed by atoms with van der Waals surface area (Å²) >= 11 is 6.46. The van der Waals surface area contributed by atoms with Gasteiger partial charge in [0.2, 0.25) is 0 Å². The Morgan fingerprint density at radius 3 is 2.56 bits per heavy atom. The van der Waals surface area contributed by atoms with E-state index in [1.807, 2.05) is 7.11 Å². The monoisotopic (exact) mass is 369 g/mol. The largest absolute Gasteiger partial charge is 0.381 e. The van der Waals surface area contributed by atoms with Gasteiger partial charge in [-0.2, -0.15) is 0 Å². The van der Waals surface area contributed by atoms with E-state index in [9.17, 15) is 5.11 Å². The Hall–Kier alpha value is 0.170. The number of aliphatic hydroxyl groups excluding tert-OH is 1. The van der Waals surface area contributed by atoms with Crippen molar-refractivity contribution in [3.8, 4) is 0 Å². The lowest BCUT2D eigenvalue weighted by molar-refractivity contribution is -0.0241. The van der Waals surface area contributed by atoms with E-state index >= 15 is 0 Å². The number of rotatable bonds is 4. The quantitative estimate of drug-likeness (QED) is 0.725. The van der Waals surface area contributed by atoms with Gasteiger partial charge in [-0.15, -0.1) is 11.6 Å². The highest BCUT2D eigenvalue weighted by atomic mass is 35.5. The summed E-state index contributed by atoms with van der Waals surface area (Å²) in [6.07, 6.45) is 14.1. The molecule has 4 fully saturated rings. The van der Waals surface area contributed by atoms with Crippen LogP contribution < -0.4 is 5.32 Å². The van der Waals surface area contributed by atoms with Crippen LogP contribution in [-0.2, 0) is 4.74 Å². The summed E-state index contributed by atoms with van der Waals surface area (Å²) in [6, 6.07) is 0.496. The SMILES string of the molecule is COC1CCC(CC2C(O)N[C@H]3CCC(Cl)CC23)CC1C1CCCC1. The molecule has 144 valence electrons. The normalized spacial score (nSPS) is 48.6. The predicted octanol–water partition coefficient (Wildman–Crippen LogP) is 4.31. The van der Waals surface area contributed by atoms with Crippen LogP contribution in [0, 0.1) is 29.6 Å². The number of halogens is 1. The summed E-state index contributed by atoms with van der Waals surface area (Å²) in [4.78, 5) is 0. The van der Waals surface area contributed by atoms with E-state index < -0.39 is 0 Å². The molecule has 1 saturated heterocycles. The number of methoxy groups -OCH3 is 1. The summed E-state index contributed by atoms with van der Waals surface area (Å²) in [5.41, 5.74) is 0. The lowest BCUT2D eigenvalue weighted by atomic mass is 9.68. The Balaban J connectivity index is 1.39. The molecule has 4 heteroatoms. The molecule has 0 bridgehead atoms. The molecule has 3 saturated carbocycles. The van der Waals surface area contributed by atoms with E-state index in [2.05, 4.69) is 5.32 Å². The number of hydrogen-bond donors (Lipinski definition) is 2. The van der Waals surface area contributed by atoms with E-state index in [4.69, 9.17) is 16.3 Å². The molecule has 8 atom stereocenters. The number of nitrogens with one attached hydrogen (secondary N) is 1. The van der Waals surface area contributed by atoms with E-state index in [1.165, 1.54) is 51.4 Å². The highest BCUT2D eigenvalue weighted by molar-refractivity contribution is 6.20. The van der Waals surface area contributed by atoms with Crippen molar-refractivity contribution in [2.45, 2.75) is 94.4 Å². The molecule has 0 spiro atoms. The zero-order chi connectivity index (χ0) is 17.4. The lowest BCUT2D eigenvalue weighted by Crippen LogP contribution is -2.37. The molecule has 0 aromatic carbocycles. The van der Waals surface area contributed by atoms with Crippen LogP contribution >= 0.6 is 11.6 Å². The first-order valence-electron chi connectivity index (χ1n) is 10.8. The van der Waals surface area contributed by atoms with Crippen molar-refractivity contribution in [2.24, 2.45) is 29.6 Å². The zero-order valence-corrected chi connectivity index (χ0v) is 16.5. The first-order chi connectivity index (χ1) is 12.2. The molecule has 0 aromatic heterocycles. The molecule has 1 aliphatic heterocycles. The number of aliphatic hydroxyl groups is 1. The second kappa shape index (κ2) is 8.04. The summed E-state index contributed by atoms with van der Waals surface area (Å²) < 4.78 is 5.88. The molecular formula is C21H36ClNO2. The van der Waals surface area contributed by atoms with Crippen LogP contribution in [-0.4, -0.2) is 36.0 Å². The summed E-state index contributed by atoms with van der Waals surface area (Å²) in [7, 11) is 1.91. The third kappa shape index (κ3) is 3.90. The van der Waals surface area contributed by atoms with E-state index in [-0.39, 0.29) is 6.23 Å². The van der Waals surface area contributed by atoms with Gasteiger partial charge in [-0.3, -0.25) is 5.32 Å². The van der Waals surface area contributed by atoms with Crippen molar-refractivity contribution in [1.29, 1.82) is 0 Å². The molecule has 7 unspecified atom stereocenters. The number of ether oxygens (including phenoxy) is 1. The van der Waals surface area contributed by atoms with Crippen molar-refractivity contribution in [3.63, 3.8) is 0 Å². The van der Waals surface area contributed by atoms with Crippen molar-refractivity contribution in [3.05, 3.63) is 0 Å². The third-order valence-electron chi connectivity index (χ3n) is 8.03. The van der Waals surface area contributed by atoms with Gasteiger partial charge in [0.25, 0.3) is 0 Å². The minimum Gasteiger partial charge on any atom is -0.381 e. The van der Waals surface area contributed by atoms with Crippen LogP contribution in [0.15, 0.2) is 0 Å². The molecule has 0 aromatic rings. The van der Waals surface area contributed by atoms with Crippen molar-refractivity contribution >= 4 is 11.6 Å². The Morgan fingerprint density at radius 2 is 1.80 bits per heavy atom. The fourth-order valence-electron chi connectivity index (χ4n) is 6.75. The second-order valence-electron chi connectivity index (χ2n) is 9.35. The van der Waals surface area contributed by atoms with Crippen LogP contribution in [0.1, 0.15) is 70.6 Å². The Kier molecular flexibility index (Phi) is 5.96. The molecule has 2 N–H and O–H groups in total. The van der Waals surface area contributed by atoms with Crippen LogP contribution in [0.2, 0.25) is 0 Å². The van der Waals surface area contributed by atoms with Gasteiger partial charge in [0.05, 0.1) is 6.10 Å². The van der Waals surface area contributed by atoms with Gasteiger partial charge in [-0.05, 0) is 68.6 Å². The minimum atomic E-state index is -0.318. The minimum absolute atomic E-state index is 0.311. The van der Waals surface area contributed by atoms with Gasteiger partial charge < -0.3 is 9.84 Å². The van der Waals surface area contributed by atoms with E-state index in [1.54, 1.807) is 0 Å². The topological polar surface area (TPSA) is 41.5 Å². The number of alkyl halides is 1. The molecule has 3 aliphatic carbocycles. The van der Waals surface area contributed by atoms with E-state index in [0.717, 1.165) is 37.0 Å². The Bertz CT molecular complexity index is 440. The van der Waals surface area contributed by atoms with Gasteiger partial charge in [-0.1, -0.05) is 25.7 Å². The molecule has 0 radical (unpaired) electrons. The maximum Gasteiger partial charge on any atom is 0.108 e. The molecular weight excluding hydrogens is 334 g/mol. The number of hydrogen-bond acceptors (Lipinski definition) is 3. The molecule has 4 rings (SSSR count). The number of fused-ring (bicyclic) bond motifs is 1. The Morgan fingerprint density at radius 1 is 1.00 bits per heavy atom. The van der Waals surface area contributed by atoms with Crippen molar-refractivity contribution in [1.82, 2.24) is 5.32 Å². The highest BCUT2D eigenvalue weighted by Crippen LogP contribution is 2.47. The molecule has 1 heterocycles. The fraction of sp³-hybridized carbons (Fsp3) is 1.00. The summed E-state index contributed by atoms with van der Waals surface area (Å²) in [6.45, 7) is 0. The van der Waals surface area contributed by atoms with Crippen LogP contribution in [0.4, 0.5) is 0 Å². The van der Waals surface area contributed by atoms with Gasteiger partial charge in [0.1, 0.15) is 6.23 Å². The van der Waals surface area contributed by atoms with Crippen LogP contribution in [0.3, 0.4) is 0 Å². The highest BCUT2D eigenvalue weighted by Gasteiger charge is 2.46. The van der Waals surface area contributed by atoms with Crippen LogP contribution in [0.5, 0.6) is 0 Å². The third-order valence-corrected chi connectivity index (χ3v) is 8.43. The van der Waals surface area contributed by atoms with Crippen molar-refractivity contribution in [2.75, 3.05) is 7.11 Å². The van der Waals surface area contributed by atoms with Gasteiger partial charge in [0, 0.05) is 24.4 Å².